The van der Waals surface area contributed by atoms with Crippen molar-refractivity contribution in [2.45, 2.75) is 19.3 Å². The molecule has 0 saturated heterocycles. The number of hydrogen-bond donors (Lipinski definition) is 2. The van der Waals surface area contributed by atoms with E-state index in [2.05, 4.69) is 4.72 Å². The van der Waals surface area contributed by atoms with Crippen molar-refractivity contribution in [1.29, 1.82) is 0 Å². The molecule has 3 aromatic carbocycles. The summed E-state index contributed by atoms with van der Waals surface area (Å²) in [6.45, 7) is 4.08. The molecule has 6 nitrogen and oxygen atoms in total. The largest absolute Gasteiger partial charge is 0.364 e. The second kappa shape index (κ2) is 8.04. The van der Waals surface area contributed by atoms with Crippen molar-refractivity contribution in [1.82, 2.24) is 4.57 Å². The number of hydrogen-bond acceptors (Lipinski definition) is 3. The molecule has 0 aliphatic heterocycles. The summed E-state index contributed by atoms with van der Waals surface area (Å²) in [6, 6.07) is 20.7. The smallest absolute Gasteiger partial charge is 0.265 e. The van der Waals surface area contributed by atoms with E-state index in [-0.39, 0.29) is 11.5 Å². The molecule has 0 saturated carbocycles. The van der Waals surface area contributed by atoms with Crippen LogP contribution >= 0.6 is 0 Å². The molecule has 4 rings (SSSR count). The van der Waals surface area contributed by atoms with Crippen LogP contribution in [0.2, 0.25) is 0 Å². The minimum absolute atomic E-state index is 0.276. The Hall–Kier alpha value is -3.65. The lowest BCUT2D eigenvalue weighted by molar-refractivity contribution is 0.0994. The van der Waals surface area contributed by atoms with Gasteiger partial charge in [-0.25, -0.2) is 12.8 Å². The number of aromatic nitrogens is 1. The summed E-state index contributed by atoms with van der Waals surface area (Å²) >= 11 is 0. The van der Waals surface area contributed by atoms with Gasteiger partial charge >= 0.3 is 0 Å². The fourth-order valence-electron chi connectivity index (χ4n) is 4.01. The van der Waals surface area contributed by atoms with Gasteiger partial charge in [-0.05, 0) is 53.6 Å². The van der Waals surface area contributed by atoms with Gasteiger partial charge in [-0.2, -0.15) is 0 Å². The maximum Gasteiger partial charge on any atom is 0.265 e. The van der Waals surface area contributed by atoms with Gasteiger partial charge in [0, 0.05) is 16.5 Å². The van der Waals surface area contributed by atoms with Crippen LogP contribution in [-0.4, -0.2) is 25.1 Å². The number of nitrogens with two attached hydrogens (primary N) is 1. The highest BCUT2D eigenvalue weighted by atomic mass is 32.2. The van der Waals surface area contributed by atoms with E-state index in [4.69, 9.17) is 5.73 Å². The number of fused-ring (bicyclic) bond motifs is 1. The molecule has 0 radical (unpaired) electrons. The van der Waals surface area contributed by atoms with E-state index in [0.717, 1.165) is 22.8 Å². The fraction of sp³-hybridized carbons (Fsp3) is 0.160. The molecule has 0 atom stereocenters. The number of sulfonamides is 1. The SMILES string of the molecule is CC(C)(c1ccc(F)cc1)c1cccc(-n2c(C(N)=O)cc3ccc(NS(C)(=O)=O)cc32)c1. The van der Waals surface area contributed by atoms with Crippen LogP contribution in [0.5, 0.6) is 0 Å². The van der Waals surface area contributed by atoms with Crippen LogP contribution in [0.1, 0.15) is 35.5 Å². The van der Waals surface area contributed by atoms with E-state index >= 15 is 0 Å². The monoisotopic (exact) mass is 465 g/mol. The minimum Gasteiger partial charge on any atom is -0.364 e. The van der Waals surface area contributed by atoms with Gasteiger partial charge in [-0.1, -0.05) is 44.2 Å². The molecule has 1 heterocycles. The number of rotatable bonds is 6. The predicted molar refractivity (Wildman–Crippen MR) is 129 cm³/mol. The van der Waals surface area contributed by atoms with Gasteiger partial charge in [-0.15, -0.1) is 0 Å². The van der Waals surface area contributed by atoms with Gasteiger partial charge in [0.1, 0.15) is 11.5 Å². The number of primary amides is 1. The lowest BCUT2D eigenvalue weighted by atomic mass is 9.78. The molecule has 0 spiro atoms. The van der Waals surface area contributed by atoms with Crippen molar-refractivity contribution in [3.8, 4) is 5.69 Å². The molecule has 3 N–H and O–H groups in total. The zero-order valence-corrected chi connectivity index (χ0v) is 19.3. The molecule has 0 fully saturated rings. The molecule has 8 heteroatoms. The Labute approximate surface area is 191 Å². The first-order valence-corrected chi connectivity index (χ1v) is 12.1. The Kier molecular flexibility index (Phi) is 5.49. The van der Waals surface area contributed by atoms with Gasteiger partial charge in [0.2, 0.25) is 10.0 Å². The third-order valence-electron chi connectivity index (χ3n) is 5.75. The Morgan fingerprint density at radius 3 is 2.30 bits per heavy atom. The van der Waals surface area contributed by atoms with Gasteiger partial charge in [0.05, 0.1) is 17.5 Å². The van der Waals surface area contributed by atoms with E-state index in [0.29, 0.717) is 16.9 Å². The van der Waals surface area contributed by atoms with E-state index in [9.17, 15) is 17.6 Å². The zero-order chi connectivity index (χ0) is 24.0. The number of carbonyl (C=O) groups is 1. The van der Waals surface area contributed by atoms with E-state index in [1.54, 1.807) is 41.0 Å². The van der Waals surface area contributed by atoms with Crippen molar-refractivity contribution < 1.29 is 17.6 Å². The molecule has 4 aromatic rings. The topological polar surface area (TPSA) is 94.2 Å². The summed E-state index contributed by atoms with van der Waals surface area (Å²) in [5, 5.41) is 0.742. The highest BCUT2D eigenvalue weighted by Crippen LogP contribution is 2.34. The zero-order valence-electron chi connectivity index (χ0n) is 18.5. The normalized spacial score (nSPS) is 12.1. The average molecular weight is 466 g/mol. The van der Waals surface area contributed by atoms with Crippen LogP contribution in [0.25, 0.3) is 16.6 Å². The van der Waals surface area contributed by atoms with Crippen molar-refractivity contribution in [3.05, 3.63) is 95.4 Å². The second-order valence-corrected chi connectivity index (χ2v) is 10.3. The lowest BCUT2D eigenvalue weighted by Crippen LogP contribution is -2.20. The van der Waals surface area contributed by atoms with Gasteiger partial charge in [-0.3, -0.25) is 9.52 Å². The number of nitrogens with zero attached hydrogens (tertiary/aromatic N) is 1. The van der Waals surface area contributed by atoms with E-state index in [1.165, 1.54) is 12.1 Å². The van der Waals surface area contributed by atoms with Crippen LogP contribution in [0.15, 0.2) is 72.8 Å². The Bertz CT molecular complexity index is 1470. The summed E-state index contributed by atoms with van der Waals surface area (Å²) in [7, 11) is -3.47. The van der Waals surface area contributed by atoms with Gasteiger partial charge in [0.25, 0.3) is 5.91 Å². The quantitative estimate of drug-likeness (QED) is 0.437. The molecule has 0 aliphatic carbocycles. The standard InChI is InChI=1S/C25H24FN3O3S/c1-25(2,17-8-10-19(26)11-9-17)18-5-4-6-21(14-18)29-22-15-20(28-33(3,31)32)12-7-16(22)13-23(29)24(27)30/h4-15,28H,1-3H3,(H2,27,30). The summed E-state index contributed by atoms with van der Waals surface area (Å²) in [4.78, 5) is 12.3. The Morgan fingerprint density at radius 2 is 1.67 bits per heavy atom. The third-order valence-corrected chi connectivity index (χ3v) is 6.36. The minimum atomic E-state index is -3.47. The van der Waals surface area contributed by atoms with Crippen LogP contribution in [0.3, 0.4) is 0 Å². The van der Waals surface area contributed by atoms with Crippen LogP contribution in [-0.2, 0) is 15.4 Å². The average Bonchev–Trinajstić information content (AvgIpc) is 3.12. The van der Waals surface area contributed by atoms with E-state index < -0.39 is 21.3 Å². The molecule has 1 aromatic heterocycles. The number of benzene rings is 3. The van der Waals surface area contributed by atoms with E-state index in [1.807, 2.05) is 38.1 Å². The Morgan fingerprint density at radius 1 is 0.970 bits per heavy atom. The first-order chi connectivity index (χ1) is 15.5. The van der Waals surface area contributed by atoms with Crippen molar-refractivity contribution in [3.63, 3.8) is 0 Å². The fourth-order valence-corrected chi connectivity index (χ4v) is 4.56. The van der Waals surface area contributed by atoms with Gasteiger partial charge < -0.3 is 10.3 Å². The molecular formula is C25H24FN3O3S. The molecule has 0 bridgehead atoms. The molecule has 1 amide bonds. The lowest BCUT2D eigenvalue weighted by Gasteiger charge is -2.27. The van der Waals surface area contributed by atoms with Crippen molar-refractivity contribution >= 4 is 32.5 Å². The summed E-state index contributed by atoms with van der Waals surface area (Å²) in [6.07, 6.45) is 1.08. The molecule has 0 unspecified atom stereocenters. The number of amides is 1. The van der Waals surface area contributed by atoms with Crippen LogP contribution in [0, 0.1) is 5.82 Å². The van der Waals surface area contributed by atoms with Crippen molar-refractivity contribution in [2.75, 3.05) is 11.0 Å². The number of anilines is 1. The second-order valence-electron chi connectivity index (χ2n) is 8.56. The van der Waals surface area contributed by atoms with Crippen LogP contribution in [0.4, 0.5) is 10.1 Å². The summed E-state index contributed by atoms with van der Waals surface area (Å²) < 4.78 is 41.0. The number of nitrogens with one attached hydrogen (secondary N) is 1. The highest BCUT2D eigenvalue weighted by molar-refractivity contribution is 7.92. The maximum atomic E-state index is 13.4. The maximum absolute atomic E-state index is 13.4. The molecular weight excluding hydrogens is 441 g/mol. The summed E-state index contributed by atoms with van der Waals surface area (Å²) in [5.74, 6) is -0.904. The van der Waals surface area contributed by atoms with Gasteiger partial charge in [0.15, 0.2) is 0 Å². The number of carbonyl (C=O) groups excluding carboxylic acids is 1. The summed E-state index contributed by atoms with van der Waals surface area (Å²) in [5.41, 5.74) is 9.11. The molecule has 170 valence electrons. The Balaban J connectivity index is 1.89. The molecule has 0 aliphatic rings. The predicted octanol–water partition coefficient (Wildman–Crippen LogP) is 4.57. The molecule has 33 heavy (non-hydrogen) atoms. The van der Waals surface area contributed by atoms with Crippen LogP contribution < -0.4 is 10.5 Å². The number of halogens is 1. The third kappa shape index (κ3) is 4.47. The first-order valence-electron chi connectivity index (χ1n) is 10.3. The first kappa shape index (κ1) is 22.5. The van der Waals surface area contributed by atoms with Crippen molar-refractivity contribution in [2.24, 2.45) is 5.73 Å². The highest BCUT2D eigenvalue weighted by Gasteiger charge is 2.24.